The Balaban J connectivity index is 0.00000323. The Bertz CT molecular complexity index is 1360. The van der Waals surface area contributed by atoms with Crippen molar-refractivity contribution >= 4 is 77.7 Å². The predicted octanol–water partition coefficient (Wildman–Crippen LogP) is 5.20. The van der Waals surface area contributed by atoms with Crippen molar-refractivity contribution < 1.29 is 19.1 Å². The number of hydrogen-bond acceptors (Lipinski definition) is 8. The topological polar surface area (TPSA) is 99.2 Å². The smallest absolute Gasteiger partial charge is 0.273 e. The van der Waals surface area contributed by atoms with Gasteiger partial charge < -0.3 is 19.4 Å². The summed E-state index contributed by atoms with van der Waals surface area (Å²) < 4.78 is 6.11. The highest BCUT2D eigenvalue weighted by atomic mass is 35.5. The predicted molar refractivity (Wildman–Crippen MR) is 182 cm³/mol. The fourth-order valence-electron chi connectivity index (χ4n) is 4.87. The zero-order chi connectivity index (χ0) is 29.6. The van der Waals surface area contributed by atoms with Gasteiger partial charge >= 0.3 is 0 Å². The maximum Gasteiger partial charge on any atom is 0.273 e. The minimum absolute atomic E-state index is 0. The molecule has 1 aliphatic rings. The highest BCUT2D eigenvalue weighted by Crippen LogP contribution is 2.40. The Morgan fingerprint density at radius 1 is 1.00 bits per heavy atom. The molecule has 0 radical (unpaired) electrons. The van der Waals surface area contributed by atoms with E-state index in [1.807, 2.05) is 37.3 Å². The van der Waals surface area contributed by atoms with Crippen LogP contribution in [0.1, 0.15) is 43.2 Å². The third-order valence-electron chi connectivity index (χ3n) is 7.33. The summed E-state index contributed by atoms with van der Waals surface area (Å²) in [7, 11) is 3.50. The number of likely N-dealkylation sites (N-methyl/N-ethyl adjacent to an activating group) is 1. The Hall–Kier alpha value is -2.96. The van der Waals surface area contributed by atoms with Crippen LogP contribution in [0.3, 0.4) is 0 Å². The number of anilines is 2. The number of carbonyl (C=O) groups is 3. The van der Waals surface area contributed by atoms with Crippen molar-refractivity contribution in [3.8, 4) is 5.75 Å². The van der Waals surface area contributed by atoms with Gasteiger partial charge in [-0.1, -0.05) is 0 Å². The summed E-state index contributed by atoms with van der Waals surface area (Å²) in [4.78, 5) is 54.3. The van der Waals surface area contributed by atoms with E-state index in [2.05, 4.69) is 14.9 Å². The van der Waals surface area contributed by atoms with Gasteiger partial charge in [-0.3, -0.25) is 24.3 Å². The second kappa shape index (κ2) is 17.5. The Morgan fingerprint density at radius 2 is 1.70 bits per heavy atom. The van der Waals surface area contributed by atoms with Gasteiger partial charge in [0, 0.05) is 70.7 Å². The lowest BCUT2D eigenvalue weighted by Gasteiger charge is -2.27. The molecule has 3 amide bonds. The number of nitrogens with zero attached hydrogens (tertiary/aromatic N) is 6. The highest BCUT2D eigenvalue weighted by Gasteiger charge is 2.45. The largest absolute Gasteiger partial charge is 0.493 e. The monoisotopic (exact) mass is 686 g/mol. The van der Waals surface area contributed by atoms with Crippen LogP contribution in [0, 0.1) is 5.41 Å². The summed E-state index contributed by atoms with van der Waals surface area (Å²) in [5, 5.41) is 1.76. The first-order valence-electron chi connectivity index (χ1n) is 13.7. The number of hydrogen-bond donors (Lipinski definition) is 0. The molecule has 0 unspecified atom stereocenters. The van der Waals surface area contributed by atoms with E-state index in [1.54, 1.807) is 65.9 Å². The standard InChI is InChI=1S/C30H38N6O4S.3ClH/c1-6-36-25-9-8-23(18-26(25)34(5)28(38)30(2,3)29(36)39)40-17-7-14-35(19-22-10-12-31-13-11-22)16-15-33(4)27(37)24-20-41-21-32-24;;;/h8-13,18,20-21H,6-7,14-17,19H2,1-5H3;3*1H. The number of rotatable bonds is 12. The van der Waals surface area contributed by atoms with Gasteiger partial charge in [0.1, 0.15) is 16.9 Å². The summed E-state index contributed by atoms with van der Waals surface area (Å²) >= 11 is 1.41. The Morgan fingerprint density at radius 3 is 2.34 bits per heavy atom. The van der Waals surface area contributed by atoms with Gasteiger partial charge in [0.15, 0.2) is 0 Å². The highest BCUT2D eigenvalue weighted by molar-refractivity contribution is 7.07. The molecule has 2 aromatic heterocycles. The zero-order valence-electron chi connectivity index (χ0n) is 25.6. The van der Waals surface area contributed by atoms with Crippen molar-refractivity contribution in [1.29, 1.82) is 0 Å². The first-order valence-corrected chi connectivity index (χ1v) is 14.7. The van der Waals surface area contributed by atoms with Crippen LogP contribution in [0.15, 0.2) is 53.6 Å². The molecular formula is C30H41Cl3N6O4S. The minimum Gasteiger partial charge on any atom is -0.493 e. The number of benzene rings is 1. The summed E-state index contributed by atoms with van der Waals surface area (Å²) in [6.45, 7) is 8.93. The Kier molecular flexibility index (Phi) is 15.5. The van der Waals surface area contributed by atoms with E-state index >= 15 is 0 Å². The molecule has 44 heavy (non-hydrogen) atoms. The van der Waals surface area contributed by atoms with E-state index in [4.69, 9.17) is 4.74 Å². The summed E-state index contributed by atoms with van der Waals surface area (Å²) in [6.07, 6.45) is 4.32. The third-order valence-corrected chi connectivity index (χ3v) is 7.91. The van der Waals surface area contributed by atoms with Gasteiger partial charge in [0.05, 0.1) is 23.5 Å². The molecule has 3 aromatic rings. The quantitative estimate of drug-likeness (QED) is 0.191. The van der Waals surface area contributed by atoms with Gasteiger partial charge in [0.25, 0.3) is 5.91 Å². The lowest BCUT2D eigenvalue weighted by molar-refractivity contribution is -0.137. The number of pyridine rings is 1. The maximum absolute atomic E-state index is 13.1. The van der Waals surface area contributed by atoms with Crippen LogP contribution in [0.2, 0.25) is 0 Å². The van der Waals surface area contributed by atoms with Crippen LogP contribution in [-0.2, 0) is 16.1 Å². The van der Waals surface area contributed by atoms with Crippen LogP contribution >= 0.6 is 48.6 Å². The first-order chi connectivity index (χ1) is 19.6. The number of carbonyl (C=O) groups excluding carboxylic acids is 3. The van der Waals surface area contributed by atoms with Crippen LogP contribution in [0.5, 0.6) is 5.75 Å². The fraction of sp³-hybridized carbons (Fsp3) is 0.433. The third kappa shape index (κ3) is 9.04. The molecule has 0 aliphatic carbocycles. The SMILES string of the molecule is CCN1C(=O)C(C)(C)C(=O)N(C)c2cc(OCCCN(CCN(C)C(=O)c3cscn3)Cc3ccncc3)ccc21.Cl.Cl.Cl. The summed E-state index contributed by atoms with van der Waals surface area (Å²) in [6, 6.07) is 9.51. The molecule has 3 heterocycles. The normalized spacial score (nSPS) is 13.7. The van der Waals surface area contributed by atoms with Crippen LogP contribution in [0.4, 0.5) is 11.4 Å². The van der Waals surface area contributed by atoms with Crippen molar-refractivity contribution in [2.75, 3.05) is 56.7 Å². The van der Waals surface area contributed by atoms with E-state index in [9.17, 15) is 14.4 Å². The lowest BCUT2D eigenvalue weighted by Crippen LogP contribution is -2.47. The summed E-state index contributed by atoms with van der Waals surface area (Å²) in [5.41, 5.74) is 3.48. The summed E-state index contributed by atoms with van der Waals surface area (Å²) in [5.74, 6) is 0.0945. The average Bonchev–Trinajstić information content (AvgIpc) is 3.51. The number of aromatic nitrogens is 2. The van der Waals surface area contributed by atoms with Crippen LogP contribution < -0.4 is 14.5 Å². The van der Waals surface area contributed by atoms with Gasteiger partial charge in [-0.15, -0.1) is 48.6 Å². The molecule has 0 saturated carbocycles. The van der Waals surface area contributed by atoms with Gasteiger partial charge in [0.2, 0.25) is 11.8 Å². The van der Waals surface area contributed by atoms with E-state index in [0.29, 0.717) is 49.1 Å². The van der Waals surface area contributed by atoms with Crippen molar-refractivity contribution in [3.63, 3.8) is 0 Å². The van der Waals surface area contributed by atoms with E-state index < -0.39 is 5.41 Å². The average molecular weight is 688 g/mol. The van der Waals surface area contributed by atoms with Gasteiger partial charge in [-0.05, 0) is 57.0 Å². The second-order valence-electron chi connectivity index (χ2n) is 10.6. The molecule has 1 aliphatic heterocycles. The van der Waals surface area contributed by atoms with E-state index in [-0.39, 0.29) is 54.9 Å². The molecular weight excluding hydrogens is 647 g/mol. The molecule has 0 spiro atoms. The first kappa shape index (κ1) is 39.1. The molecule has 0 saturated heterocycles. The fourth-order valence-corrected chi connectivity index (χ4v) is 5.40. The molecule has 0 atom stereocenters. The molecule has 0 fully saturated rings. The number of amides is 3. The number of fused-ring (bicyclic) bond motifs is 1. The maximum atomic E-state index is 13.1. The van der Waals surface area contributed by atoms with Crippen molar-refractivity contribution in [1.82, 2.24) is 19.8 Å². The molecule has 4 rings (SSSR count). The van der Waals surface area contributed by atoms with Crippen LogP contribution in [-0.4, -0.2) is 84.4 Å². The molecule has 242 valence electrons. The molecule has 14 heteroatoms. The molecule has 0 N–H and O–H groups in total. The van der Waals surface area contributed by atoms with Crippen molar-refractivity contribution in [2.24, 2.45) is 5.41 Å². The lowest BCUT2D eigenvalue weighted by atomic mass is 9.90. The number of ether oxygens (including phenoxy) is 1. The second-order valence-corrected chi connectivity index (χ2v) is 11.3. The van der Waals surface area contributed by atoms with Gasteiger partial charge in [-0.2, -0.15) is 0 Å². The van der Waals surface area contributed by atoms with Crippen molar-refractivity contribution in [2.45, 2.75) is 33.7 Å². The molecule has 0 bridgehead atoms. The van der Waals surface area contributed by atoms with E-state index in [1.165, 1.54) is 11.3 Å². The minimum atomic E-state index is -1.15. The number of thiazole rings is 1. The molecule has 10 nitrogen and oxygen atoms in total. The van der Waals surface area contributed by atoms with Crippen LogP contribution in [0.25, 0.3) is 0 Å². The van der Waals surface area contributed by atoms with E-state index in [0.717, 1.165) is 25.1 Å². The van der Waals surface area contributed by atoms with Crippen molar-refractivity contribution in [3.05, 3.63) is 64.9 Å². The molecule has 1 aromatic carbocycles. The van der Waals surface area contributed by atoms with Gasteiger partial charge in [-0.25, -0.2) is 4.98 Å². The number of halogens is 3. The Labute approximate surface area is 282 Å². The zero-order valence-corrected chi connectivity index (χ0v) is 28.9.